The van der Waals surface area contributed by atoms with Crippen LogP contribution in [-0.2, 0) is 11.4 Å². The van der Waals surface area contributed by atoms with E-state index in [2.05, 4.69) is 35.0 Å². The van der Waals surface area contributed by atoms with Gasteiger partial charge >= 0.3 is 0 Å². The lowest BCUT2D eigenvalue weighted by Crippen LogP contribution is -2.27. The van der Waals surface area contributed by atoms with Gasteiger partial charge in [-0.25, -0.2) is 0 Å². The van der Waals surface area contributed by atoms with Gasteiger partial charge in [-0.2, -0.15) is 0 Å². The van der Waals surface area contributed by atoms with E-state index in [1.165, 1.54) is 17.3 Å². The van der Waals surface area contributed by atoms with Crippen molar-refractivity contribution in [3.8, 4) is 11.5 Å². The second-order valence-electron chi connectivity index (χ2n) is 6.22. The Balaban J connectivity index is 1.83. The van der Waals surface area contributed by atoms with Crippen molar-refractivity contribution < 1.29 is 14.3 Å². The number of rotatable bonds is 6. The Bertz CT molecular complexity index is 941. The predicted molar refractivity (Wildman–Crippen MR) is 122 cm³/mol. The fourth-order valence-corrected chi connectivity index (χ4v) is 4.50. The van der Waals surface area contributed by atoms with E-state index in [1.807, 2.05) is 37.3 Å². The quantitative estimate of drug-likeness (QED) is 0.401. The largest absolute Gasteiger partial charge is 0.493 e. The van der Waals surface area contributed by atoms with E-state index < -0.39 is 0 Å². The van der Waals surface area contributed by atoms with Gasteiger partial charge < -0.3 is 9.47 Å². The number of benzene rings is 2. The standard InChI is InChI=1S/C21H20BrNO3S2/c1-4-23-20(24)19(28-21(23)27)10-15-9-17(25-3)18(11-16(15)22)26-12-14-7-5-13(2)6-8-14/h5-11H,4,12H2,1-3H3/b19-10-. The summed E-state index contributed by atoms with van der Waals surface area (Å²) in [7, 11) is 1.60. The minimum atomic E-state index is -0.0666. The van der Waals surface area contributed by atoms with Gasteiger partial charge in [0, 0.05) is 11.0 Å². The normalized spacial score (nSPS) is 15.4. The number of carbonyl (C=O) groups excluding carboxylic acids is 1. The van der Waals surface area contributed by atoms with Crippen molar-refractivity contribution >= 4 is 56.2 Å². The molecular formula is C21H20BrNO3S2. The molecule has 2 aromatic rings. The Morgan fingerprint density at radius 2 is 1.93 bits per heavy atom. The number of likely N-dealkylation sites (N-methyl/N-ethyl adjacent to an activating group) is 1. The molecule has 1 amide bonds. The molecule has 0 N–H and O–H groups in total. The van der Waals surface area contributed by atoms with Crippen molar-refractivity contribution in [2.45, 2.75) is 20.5 Å². The first-order valence-electron chi connectivity index (χ1n) is 8.74. The summed E-state index contributed by atoms with van der Waals surface area (Å²) in [6, 6.07) is 11.9. The topological polar surface area (TPSA) is 38.8 Å². The summed E-state index contributed by atoms with van der Waals surface area (Å²) in [6.45, 7) is 4.97. The molecule has 1 saturated heterocycles. The van der Waals surface area contributed by atoms with Crippen LogP contribution in [0.15, 0.2) is 45.8 Å². The number of nitrogens with zero attached hydrogens (tertiary/aromatic N) is 1. The number of halogens is 1. The molecule has 4 nitrogen and oxygen atoms in total. The molecule has 0 spiro atoms. The third kappa shape index (κ3) is 4.59. The number of aryl methyl sites for hydroxylation is 1. The Morgan fingerprint density at radius 3 is 2.54 bits per heavy atom. The van der Waals surface area contributed by atoms with E-state index >= 15 is 0 Å². The van der Waals surface area contributed by atoms with Gasteiger partial charge in [0.2, 0.25) is 0 Å². The molecular weight excluding hydrogens is 458 g/mol. The minimum absolute atomic E-state index is 0.0666. The number of hydrogen-bond donors (Lipinski definition) is 0. The molecule has 0 atom stereocenters. The Morgan fingerprint density at radius 1 is 1.21 bits per heavy atom. The number of thioether (sulfide) groups is 1. The second kappa shape index (κ2) is 9.11. The number of methoxy groups -OCH3 is 1. The van der Waals surface area contributed by atoms with Crippen LogP contribution < -0.4 is 9.47 Å². The molecule has 7 heteroatoms. The second-order valence-corrected chi connectivity index (χ2v) is 8.75. The zero-order chi connectivity index (χ0) is 20.3. The molecule has 1 aliphatic heterocycles. The van der Waals surface area contributed by atoms with Gasteiger partial charge in [-0.15, -0.1) is 0 Å². The molecule has 1 fully saturated rings. The first kappa shape index (κ1) is 20.9. The number of carbonyl (C=O) groups is 1. The van der Waals surface area contributed by atoms with Crippen LogP contribution in [0, 0.1) is 6.92 Å². The fraction of sp³-hybridized carbons (Fsp3) is 0.238. The predicted octanol–water partition coefficient (Wildman–Crippen LogP) is 5.57. The highest BCUT2D eigenvalue weighted by Crippen LogP contribution is 2.38. The third-order valence-electron chi connectivity index (χ3n) is 4.27. The summed E-state index contributed by atoms with van der Waals surface area (Å²) < 4.78 is 12.9. The summed E-state index contributed by atoms with van der Waals surface area (Å²) in [5.74, 6) is 1.17. The van der Waals surface area contributed by atoms with E-state index in [4.69, 9.17) is 21.7 Å². The van der Waals surface area contributed by atoms with Crippen LogP contribution in [0.25, 0.3) is 6.08 Å². The van der Waals surface area contributed by atoms with E-state index in [0.29, 0.717) is 33.9 Å². The van der Waals surface area contributed by atoms with Crippen molar-refractivity contribution in [2.75, 3.05) is 13.7 Å². The van der Waals surface area contributed by atoms with Crippen LogP contribution in [0.4, 0.5) is 0 Å². The van der Waals surface area contributed by atoms with Crippen molar-refractivity contribution in [1.82, 2.24) is 4.90 Å². The van der Waals surface area contributed by atoms with Gasteiger partial charge in [0.05, 0.1) is 12.0 Å². The summed E-state index contributed by atoms with van der Waals surface area (Å²) in [4.78, 5) is 14.6. The Kier molecular flexibility index (Phi) is 6.80. The maximum atomic E-state index is 12.4. The van der Waals surface area contributed by atoms with Crippen LogP contribution in [0.5, 0.6) is 11.5 Å². The molecule has 146 valence electrons. The van der Waals surface area contributed by atoms with Gasteiger partial charge in [0.25, 0.3) is 5.91 Å². The summed E-state index contributed by atoms with van der Waals surface area (Å²) in [5.41, 5.74) is 3.12. The molecule has 3 rings (SSSR count). The lowest BCUT2D eigenvalue weighted by Gasteiger charge is -2.13. The van der Waals surface area contributed by atoms with Crippen LogP contribution in [0.3, 0.4) is 0 Å². The summed E-state index contributed by atoms with van der Waals surface area (Å²) in [5, 5.41) is 0. The highest BCUT2D eigenvalue weighted by Gasteiger charge is 2.30. The first-order chi connectivity index (χ1) is 13.4. The maximum absolute atomic E-state index is 12.4. The van der Waals surface area contributed by atoms with Crippen molar-refractivity contribution in [1.29, 1.82) is 0 Å². The van der Waals surface area contributed by atoms with Crippen LogP contribution in [0.2, 0.25) is 0 Å². The monoisotopic (exact) mass is 477 g/mol. The van der Waals surface area contributed by atoms with Crippen molar-refractivity contribution in [2.24, 2.45) is 0 Å². The zero-order valence-corrected chi connectivity index (χ0v) is 19.0. The highest BCUT2D eigenvalue weighted by atomic mass is 79.9. The highest BCUT2D eigenvalue weighted by molar-refractivity contribution is 9.10. The average Bonchev–Trinajstić information content (AvgIpc) is 2.95. The molecule has 1 aliphatic rings. The van der Waals surface area contributed by atoms with E-state index in [1.54, 1.807) is 12.0 Å². The Hall–Kier alpha value is -1.83. The molecule has 0 bridgehead atoms. The number of ether oxygens (including phenoxy) is 2. The zero-order valence-electron chi connectivity index (χ0n) is 15.8. The number of thiocarbonyl (C=S) groups is 1. The van der Waals surface area contributed by atoms with Gasteiger partial charge in [-0.05, 0) is 43.2 Å². The van der Waals surface area contributed by atoms with Gasteiger partial charge in [-0.1, -0.05) is 69.7 Å². The van der Waals surface area contributed by atoms with Gasteiger partial charge in [-0.3, -0.25) is 9.69 Å². The lowest BCUT2D eigenvalue weighted by molar-refractivity contribution is -0.121. The first-order valence-corrected chi connectivity index (χ1v) is 10.8. The number of hydrogen-bond acceptors (Lipinski definition) is 5. The Labute approximate surface area is 183 Å². The fourth-order valence-electron chi connectivity index (χ4n) is 2.69. The molecule has 0 aliphatic carbocycles. The van der Waals surface area contributed by atoms with E-state index in [0.717, 1.165) is 15.6 Å². The molecule has 0 saturated carbocycles. The summed E-state index contributed by atoms with van der Waals surface area (Å²) >= 11 is 10.2. The minimum Gasteiger partial charge on any atom is -0.493 e. The van der Waals surface area contributed by atoms with E-state index in [-0.39, 0.29) is 5.91 Å². The molecule has 0 radical (unpaired) electrons. The SMILES string of the molecule is CCN1C(=O)/C(=C/c2cc(OC)c(OCc3ccc(C)cc3)cc2Br)SC1=S. The van der Waals surface area contributed by atoms with Crippen LogP contribution >= 0.6 is 39.9 Å². The number of amides is 1. The molecule has 0 unspecified atom stereocenters. The van der Waals surface area contributed by atoms with Crippen LogP contribution in [0.1, 0.15) is 23.6 Å². The third-order valence-corrected chi connectivity index (χ3v) is 6.34. The average molecular weight is 478 g/mol. The smallest absolute Gasteiger partial charge is 0.266 e. The van der Waals surface area contributed by atoms with E-state index in [9.17, 15) is 4.79 Å². The molecule has 1 heterocycles. The van der Waals surface area contributed by atoms with Crippen LogP contribution in [-0.4, -0.2) is 28.8 Å². The van der Waals surface area contributed by atoms with Gasteiger partial charge in [0.15, 0.2) is 11.5 Å². The summed E-state index contributed by atoms with van der Waals surface area (Å²) in [6.07, 6.45) is 1.82. The molecule has 2 aromatic carbocycles. The lowest BCUT2D eigenvalue weighted by atomic mass is 10.1. The van der Waals surface area contributed by atoms with Crippen molar-refractivity contribution in [3.63, 3.8) is 0 Å². The van der Waals surface area contributed by atoms with Gasteiger partial charge in [0.1, 0.15) is 10.9 Å². The maximum Gasteiger partial charge on any atom is 0.266 e. The molecule has 0 aromatic heterocycles. The van der Waals surface area contributed by atoms with Crippen molar-refractivity contribution in [3.05, 3.63) is 62.5 Å². The molecule has 28 heavy (non-hydrogen) atoms.